The third-order valence-electron chi connectivity index (χ3n) is 4.21. The SMILES string of the molecule is CCOC(=O)N1CCN(CC2(CO)CCC2)CC1. The highest BCUT2D eigenvalue weighted by atomic mass is 16.6. The van der Waals surface area contributed by atoms with Gasteiger partial charge in [-0.1, -0.05) is 6.42 Å². The van der Waals surface area contributed by atoms with Gasteiger partial charge in [0.1, 0.15) is 0 Å². The Morgan fingerprint density at radius 3 is 2.39 bits per heavy atom. The second kappa shape index (κ2) is 5.89. The molecule has 1 heterocycles. The summed E-state index contributed by atoms with van der Waals surface area (Å²) in [4.78, 5) is 15.7. The fourth-order valence-corrected chi connectivity index (χ4v) is 2.82. The van der Waals surface area contributed by atoms with Crippen LogP contribution in [0, 0.1) is 5.41 Å². The molecule has 0 bridgehead atoms. The van der Waals surface area contributed by atoms with Gasteiger partial charge in [0.15, 0.2) is 0 Å². The number of hydrogen-bond acceptors (Lipinski definition) is 4. The van der Waals surface area contributed by atoms with Crippen LogP contribution in [0.4, 0.5) is 4.79 Å². The van der Waals surface area contributed by atoms with Gasteiger partial charge in [0.25, 0.3) is 0 Å². The third-order valence-corrected chi connectivity index (χ3v) is 4.21. The zero-order valence-corrected chi connectivity index (χ0v) is 11.2. The molecule has 1 aliphatic heterocycles. The first kappa shape index (κ1) is 13.6. The Labute approximate surface area is 109 Å². The van der Waals surface area contributed by atoms with Gasteiger partial charge in [0.2, 0.25) is 0 Å². The van der Waals surface area contributed by atoms with Crippen molar-refractivity contribution in [2.45, 2.75) is 26.2 Å². The van der Waals surface area contributed by atoms with Crippen molar-refractivity contribution < 1.29 is 14.6 Å². The van der Waals surface area contributed by atoms with Crippen molar-refractivity contribution in [1.29, 1.82) is 0 Å². The Morgan fingerprint density at radius 2 is 1.94 bits per heavy atom. The van der Waals surface area contributed by atoms with Crippen molar-refractivity contribution in [3.05, 3.63) is 0 Å². The first-order valence-corrected chi connectivity index (χ1v) is 6.94. The Kier molecular flexibility index (Phi) is 4.45. The standard InChI is InChI=1S/C13H24N2O3/c1-2-18-12(17)15-8-6-14(7-9-15)10-13(11-16)4-3-5-13/h16H,2-11H2,1H3. The predicted molar refractivity (Wildman–Crippen MR) is 68.4 cm³/mol. The summed E-state index contributed by atoms with van der Waals surface area (Å²) >= 11 is 0. The van der Waals surface area contributed by atoms with Crippen molar-refractivity contribution >= 4 is 6.09 Å². The van der Waals surface area contributed by atoms with E-state index in [1.165, 1.54) is 6.42 Å². The van der Waals surface area contributed by atoms with Crippen LogP contribution >= 0.6 is 0 Å². The maximum Gasteiger partial charge on any atom is 0.409 e. The van der Waals surface area contributed by atoms with Crippen LogP contribution in [-0.2, 0) is 4.74 Å². The number of hydrogen-bond donors (Lipinski definition) is 1. The van der Waals surface area contributed by atoms with Crippen molar-refractivity contribution in [2.24, 2.45) is 5.41 Å². The van der Waals surface area contributed by atoms with Crippen LogP contribution in [0.2, 0.25) is 0 Å². The van der Waals surface area contributed by atoms with Crippen LogP contribution in [0.25, 0.3) is 0 Å². The molecular weight excluding hydrogens is 232 g/mol. The predicted octanol–water partition coefficient (Wildman–Crippen LogP) is 0.923. The van der Waals surface area contributed by atoms with Crippen molar-refractivity contribution in [3.63, 3.8) is 0 Å². The lowest BCUT2D eigenvalue weighted by atomic mass is 9.69. The first-order valence-electron chi connectivity index (χ1n) is 6.94. The summed E-state index contributed by atoms with van der Waals surface area (Å²) in [5.41, 5.74) is 0.145. The van der Waals surface area contributed by atoms with Crippen LogP contribution in [0.15, 0.2) is 0 Å². The van der Waals surface area contributed by atoms with E-state index in [-0.39, 0.29) is 11.5 Å². The van der Waals surface area contributed by atoms with Crippen molar-refractivity contribution in [3.8, 4) is 0 Å². The largest absolute Gasteiger partial charge is 0.450 e. The van der Waals surface area contributed by atoms with Gasteiger partial charge >= 0.3 is 6.09 Å². The lowest BCUT2D eigenvalue weighted by Gasteiger charge is -2.45. The maximum atomic E-state index is 11.6. The summed E-state index contributed by atoms with van der Waals surface area (Å²) in [5.74, 6) is 0. The van der Waals surface area contributed by atoms with Crippen LogP contribution in [0.5, 0.6) is 0 Å². The van der Waals surface area contributed by atoms with E-state index in [0.29, 0.717) is 13.2 Å². The highest BCUT2D eigenvalue weighted by Gasteiger charge is 2.38. The topological polar surface area (TPSA) is 53.0 Å². The molecule has 1 N–H and O–H groups in total. The molecule has 1 saturated carbocycles. The van der Waals surface area contributed by atoms with Crippen LogP contribution in [0.3, 0.4) is 0 Å². The molecule has 0 aromatic heterocycles. The fourth-order valence-electron chi connectivity index (χ4n) is 2.82. The van der Waals surface area contributed by atoms with E-state index in [1.807, 2.05) is 6.92 Å². The lowest BCUT2D eigenvalue weighted by molar-refractivity contribution is -0.00594. The van der Waals surface area contributed by atoms with E-state index in [9.17, 15) is 9.90 Å². The van der Waals surface area contributed by atoms with E-state index in [4.69, 9.17) is 4.74 Å². The molecule has 2 rings (SSSR count). The summed E-state index contributed by atoms with van der Waals surface area (Å²) < 4.78 is 5.00. The average molecular weight is 256 g/mol. The third kappa shape index (κ3) is 2.95. The summed E-state index contributed by atoms with van der Waals surface area (Å²) in [7, 11) is 0. The second-order valence-electron chi connectivity index (χ2n) is 5.47. The van der Waals surface area contributed by atoms with Crippen LogP contribution in [-0.4, -0.2) is 66.9 Å². The van der Waals surface area contributed by atoms with Crippen LogP contribution < -0.4 is 0 Å². The van der Waals surface area contributed by atoms with E-state index in [1.54, 1.807) is 4.90 Å². The molecule has 5 heteroatoms. The monoisotopic (exact) mass is 256 g/mol. The maximum absolute atomic E-state index is 11.6. The van der Waals surface area contributed by atoms with Crippen molar-refractivity contribution in [1.82, 2.24) is 9.80 Å². The number of aliphatic hydroxyl groups excluding tert-OH is 1. The summed E-state index contributed by atoms with van der Waals surface area (Å²) in [6, 6.07) is 0. The van der Waals surface area contributed by atoms with Gasteiger partial charge in [-0.2, -0.15) is 0 Å². The number of nitrogens with zero attached hydrogens (tertiary/aromatic N) is 2. The van der Waals surface area contributed by atoms with Gasteiger partial charge in [0.05, 0.1) is 6.61 Å². The molecule has 2 fully saturated rings. The van der Waals surface area contributed by atoms with Gasteiger partial charge < -0.3 is 14.7 Å². The van der Waals surface area contributed by atoms with Gasteiger partial charge in [-0.25, -0.2) is 4.79 Å². The highest BCUT2D eigenvalue weighted by Crippen LogP contribution is 2.41. The van der Waals surface area contributed by atoms with E-state index >= 15 is 0 Å². The smallest absolute Gasteiger partial charge is 0.409 e. The van der Waals surface area contributed by atoms with E-state index in [2.05, 4.69) is 4.90 Å². The van der Waals surface area contributed by atoms with Gasteiger partial charge in [-0.15, -0.1) is 0 Å². The average Bonchev–Trinajstić information content (AvgIpc) is 2.35. The lowest BCUT2D eigenvalue weighted by Crippen LogP contribution is -2.53. The number of carbonyl (C=O) groups excluding carboxylic acids is 1. The van der Waals surface area contributed by atoms with Gasteiger partial charge in [-0.3, -0.25) is 4.90 Å². The number of piperazine rings is 1. The number of aliphatic hydroxyl groups is 1. The molecule has 1 amide bonds. The Bertz CT molecular complexity index is 278. The van der Waals surface area contributed by atoms with Crippen LogP contribution in [0.1, 0.15) is 26.2 Å². The minimum atomic E-state index is -0.197. The molecule has 0 radical (unpaired) electrons. The number of rotatable bonds is 4. The van der Waals surface area contributed by atoms with Gasteiger partial charge in [-0.05, 0) is 19.8 Å². The molecule has 104 valence electrons. The Hall–Kier alpha value is -0.810. The molecule has 2 aliphatic rings. The molecule has 5 nitrogen and oxygen atoms in total. The summed E-state index contributed by atoms with van der Waals surface area (Å²) in [6.45, 7) is 6.79. The molecule has 0 aromatic rings. The number of carbonyl (C=O) groups is 1. The summed E-state index contributed by atoms with van der Waals surface area (Å²) in [5, 5.41) is 9.47. The molecule has 0 atom stereocenters. The zero-order chi connectivity index (χ0) is 13.0. The Morgan fingerprint density at radius 1 is 1.28 bits per heavy atom. The molecule has 18 heavy (non-hydrogen) atoms. The number of ether oxygens (including phenoxy) is 1. The molecule has 1 aliphatic carbocycles. The van der Waals surface area contributed by atoms with Crippen molar-refractivity contribution in [2.75, 3.05) is 45.9 Å². The summed E-state index contributed by atoms with van der Waals surface area (Å²) in [6.07, 6.45) is 3.32. The van der Waals surface area contributed by atoms with Gasteiger partial charge in [0, 0.05) is 44.7 Å². The zero-order valence-electron chi connectivity index (χ0n) is 11.2. The molecule has 0 unspecified atom stereocenters. The van der Waals surface area contributed by atoms with E-state index < -0.39 is 0 Å². The van der Waals surface area contributed by atoms with E-state index in [0.717, 1.165) is 45.6 Å². The Balaban J connectivity index is 1.75. The quantitative estimate of drug-likeness (QED) is 0.813. The number of amides is 1. The minimum absolute atomic E-state index is 0.145. The molecule has 0 spiro atoms. The minimum Gasteiger partial charge on any atom is -0.450 e. The fraction of sp³-hybridized carbons (Fsp3) is 0.923. The second-order valence-corrected chi connectivity index (χ2v) is 5.47. The normalized spacial score (nSPS) is 23.6. The molecular formula is C13H24N2O3. The first-order chi connectivity index (χ1) is 8.69. The molecule has 1 saturated heterocycles. The molecule has 0 aromatic carbocycles. The highest BCUT2D eigenvalue weighted by molar-refractivity contribution is 5.67.